The van der Waals surface area contributed by atoms with Crippen LogP contribution in [0.2, 0.25) is 0 Å². The molecule has 118 valence electrons. The molecule has 0 unspecified atom stereocenters. The first kappa shape index (κ1) is 14.5. The van der Waals surface area contributed by atoms with Crippen LogP contribution in [0.1, 0.15) is 24.8 Å². The van der Waals surface area contributed by atoms with Crippen molar-refractivity contribution in [3.63, 3.8) is 0 Å². The van der Waals surface area contributed by atoms with Gasteiger partial charge in [-0.3, -0.25) is 9.78 Å². The van der Waals surface area contributed by atoms with Crippen LogP contribution in [-0.2, 0) is 16.1 Å². The van der Waals surface area contributed by atoms with Crippen LogP contribution in [-0.4, -0.2) is 51.2 Å². The molecular formula is C16H19FN2O2S. The molecule has 4 nitrogen and oxygen atoms in total. The Hall–Kier alpha value is -1.14. The summed E-state index contributed by atoms with van der Waals surface area (Å²) in [6, 6.07) is 3.91. The van der Waals surface area contributed by atoms with Crippen LogP contribution in [0.25, 0.3) is 0 Å². The van der Waals surface area contributed by atoms with Gasteiger partial charge >= 0.3 is 0 Å². The first-order valence-corrected chi connectivity index (χ1v) is 8.70. The molecule has 1 saturated carbocycles. The van der Waals surface area contributed by atoms with Crippen molar-refractivity contribution in [2.24, 2.45) is 0 Å². The van der Waals surface area contributed by atoms with E-state index >= 15 is 0 Å². The molecule has 1 aliphatic carbocycles. The summed E-state index contributed by atoms with van der Waals surface area (Å²) in [5.74, 6) is 0.654. The lowest BCUT2D eigenvalue weighted by molar-refractivity contribution is -0.144. The van der Waals surface area contributed by atoms with Gasteiger partial charge in [0.15, 0.2) is 5.67 Å². The van der Waals surface area contributed by atoms with Crippen molar-refractivity contribution in [3.05, 3.63) is 30.1 Å². The number of rotatable bonds is 4. The number of hydrogen-bond acceptors (Lipinski definition) is 4. The van der Waals surface area contributed by atoms with Gasteiger partial charge in [-0.1, -0.05) is 6.07 Å². The molecule has 2 saturated heterocycles. The summed E-state index contributed by atoms with van der Waals surface area (Å²) in [5.41, 5.74) is -0.451. The zero-order valence-electron chi connectivity index (χ0n) is 12.3. The van der Waals surface area contributed by atoms with E-state index in [4.69, 9.17) is 4.74 Å². The Morgan fingerprint density at radius 3 is 3.00 bits per heavy atom. The number of aromatic nitrogens is 1. The Morgan fingerprint density at radius 1 is 1.50 bits per heavy atom. The van der Waals surface area contributed by atoms with Gasteiger partial charge in [-0.15, -0.1) is 11.8 Å². The highest BCUT2D eigenvalue weighted by molar-refractivity contribution is 8.01. The maximum absolute atomic E-state index is 13.8. The molecule has 0 N–H and O–H groups in total. The fourth-order valence-electron chi connectivity index (χ4n) is 3.23. The van der Waals surface area contributed by atoms with Crippen molar-refractivity contribution in [1.82, 2.24) is 9.88 Å². The van der Waals surface area contributed by atoms with Crippen molar-refractivity contribution < 1.29 is 13.9 Å². The number of ether oxygens (including phenoxy) is 1. The summed E-state index contributed by atoms with van der Waals surface area (Å²) in [4.78, 5) is 17.7. The lowest BCUT2D eigenvalue weighted by Gasteiger charge is -2.48. The Morgan fingerprint density at radius 2 is 2.32 bits per heavy atom. The standard InChI is InChI=1S/C16H19FN2O2S/c17-16(3-4-16)14(20)19-10-15(11-19)6-13(9-22-15)21-8-12-2-1-5-18-7-12/h1-2,5,7,13H,3-4,6,8-11H2/t13-/m1/s1. The van der Waals surface area contributed by atoms with Gasteiger partial charge in [0.05, 0.1) is 17.5 Å². The number of amides is 1. The average Bonchev–Trinajstić information content (AvgIpc) is 3.11. The molecule has 4 rings (SSSR count). The fourth-order valence-corrected chi connectivity index (χ4v) is 4.78. The smallest absolute Gasteiger partial charge is 0.260 e. The van der Waals surface area contributed by atoms with Crippen molar-refractivity contribution in [1.29, 1.82) is 0 Å². The molecule has 0 bridgehead atoms. The van der Waals surface area contributed by atoms with Gasteiger partial charge < -0.3 is 9.64 Å². The first-order valence-electron chi connectivity index (χ1n) is 7.71. The van der Waals surface area contributed by atoms with Gasteiger partial charge in [0.2, 0.25) is 0 Å². The summed E-state index contributed by atoms with van der Waals surface area (Å²) in [6.45, 7) is 1.93. The molecule has 1 spiro atoms. The topological polar surface area (TPSA) is 42.4 Å². The summed E-state index contributed by atoms with van der Waals surface area (Å²) < 4.78 is 19.9. The maximum Gasteiger partial charge on any atom is 0.260 e. The SMILES string of the molecule is O=C(N1CC2(C[C@@H](OCc3cccnc3)CS2)C1)C1(F)CC1. The summed E-state index contributed by atoms with van der Waals surface area (Å²) in [5, 5.41) is 0. The van der Waals surface area contributed by atoms with Gasteiger partial charge in [0.1, 0.15) is 0 Å². The Bertz CT molecular complexity index is 573. The number of pyridine rings is 1. The molecule has 22 heavy (non-hydrogen) atoms. The highest BCUT2D eigenvalue weighted by Crippen LogP contribution is 2.49. The van der Waals surface area contributed by atoms with Crippen LogP contribution in [0.15, 0.2) is 24.5 Å². The fraction of sp³-hybridized carbons (Fsp3) is 0.625. The van der Waals surface area contributed by atoms with Crippen LogP contribution < -0.4 is 0 Å². The highest BCUT2D eigenvalue weighted by Gasteiger charge is 2.58. The second kappa shape index (κ2) is 5.20. The number of carbonyl (C=O) groups excluding carboxylic acids is 1. The molecule has 3 aliphatic rings. The molecule has 0 aromatic carbocycles. The number of alkyl halides is 1. The zero-order chi connectivity index (χ0) is 15.2. The molecule has 1 amide bonds. The molecule has 1 aromatic heterocycles. The van der Waals surface area contributed by atoms with E-state index in [-0.39, 0.29) is 16.8 Å². The number of halogens is 1. The quantitative estimate of drug-likeness (QED) is 0.852. The lowest BCUT2D eigenvalue weighted by Crippen LogP contribution is -2.62. The molecule has 0 radical (unpaired) electrons. The van der Waals surface area contributed by atoms with Gasteiger partial charge in [0, 0.05) is 31.2 Å². The van der Waals surface area contributed by atoms with Crippen molar-refractivity contribution in [2.45, 2.75) is 42.4 Å². The van der Waals surface area contributed by atoms with Gasteiger partial charge in [-0.25, -0.2) is 4.39 Å². The van der Waals surface area contributed by atoms with E-state index in [1.807, 2.05) is 30.1 Å². The first-order chi connectivity index (χ1) is 10.6. The van der Waals surface area contributed by atoms with E-state index < -0.39 is 5.67 Å². The van der Waals surface area contributed by atoms with Crippen molar-refractivity contribution >= 4 is 17.7 Å². The summed E-state index contributed by atoms with van der Waals surface area (Å²) >= 11 is 1.87. The van der Waals surface area contributed by atoms with Gasteiger partial charge in [-0.2, -0.15) is 0 Å². The number of carbonyl (C=O) groups is 1. The zero-order valence-corrected chi connectivity index (χ0v) is 13.2. The summed E-state index contributed by atoms with van der Waals surface area (Å²) in [6.07, 6.45) is 5.53. The largest absolute Gasteiger partial charge is 0.373 e. The number of thioether (sulfide) groups is 1. The third-order valence-electron chi connectivity index (χ3n) is 4.70. The minimum atomic E-state index is -1.53. The third-order valence-corrected chi connectivity index (χ3v) is 6.28. The second-order valence-electron chi connectivity index (χ2n) is 6.62. The molecular weight excluding hydrogens is 303 g/mol. The van der Waals surface area contributed by atoms with E-state index in [1.165, 1.54) is 0 Å². The molecule has 1 aromatic rings. The van der Waals surface area contributed by atoms with Gasteiger partial charge in [-0.05, 0) is 30.9 Å². The maximum atomic E-state index is 13.8. The molecule has 2 aliphatic heterocycles. The van der Waals surface area contributed by atoms with E-state index in [0.717, 1.165) is 17.7 Å². The molecule has 1 atom stereocenters. The van der Waals surface area contributed by atoms with E-state index in [9.17, 15) is 9.18 Å². The number of likely N-dealkylation sites (tertiary alicyclic amines) is 1. The van der Waals surface area contributed by atoms with Crippen LogP contribution in [0.5, 0.6) is 0 Å². The summed E-state index contributed by atoms with van der Waals surface area (Å²) in [7, 11) is 0. The third kappa shape index (κ3) is 2.63. The minimum absolute atomic E-state index is 0.0977. The Labute approximate surface area is 133 Å². The Balaban J connectivity index is 1.26. The van der Waals surface area contributed by atoms with E-state index in [1.54, 1.807) is 11.1 Å². The van der Waals surface area contributed by atoms with Crippen molar-refractivity contribution in [2.75, 3.05) is 18.8 Å². The number of nitrogens with zero attached hydrogens (tertiary/aromatic N) is 2. The second-order valence-corrected chi connectivity index (χ2v) is 8.11. The monoisotopic (exact) mass is 322 g/mol. The van der Waals surface area contributed by atoms with E-state index in [0.29, 0.717) is 32.5 Å². The van der Waals surface area contributed by atoms with Crippen LogP contribution in [0.3, 0.4) is 0 Å². The van der Waals surface area contributed by atoms with Crippen LogP contribution in [0, 0.1) is 0 Å². The number of hydrogen-bond donors (Lipinski definition) is 0. The Kier molecular flexibility index (Phi) is 3.42. The highest BCUT2D eigenvalue weighted by atomic mass is 32.2. The van der Waals surface area contributed by atoms with Crippen molar-refractivity contribution in [3.8, 4) is 0 Å². The predicted octanol–water partition coefficient (Wildman–Crippen LogP) is 2.19. The van der Waals surface area contributed by atoms with E-state index in [2.05, 4.69) is 4.98 Å². The predicted molar refractivity (Wildman–Crippen MR) is 82.3 cm³/mol. The lowest BCUT2D eigenvalue weighted by atomic mass is 9.92. The van der Waals surface area contributed by atoms with Crippen LogP contribution in [0.4, 0.5) is 4.39 Å². The van der Waals surface area contributed by atoms with Gasteiger partial charge in [0.25, 0.3) is 5.91 Å². The molecule has 3 heterocycles. The molecule has 6 heteroatoms. The van der Waals surface area contributed by atoms with Crippen LogP contribution >= 0.6 is 11.8 Å². The molecule has 3 fully saturated rings. The normalized spacial score (nSPS) is 27.7. The average molecular weight is 322 g/mol. The minimum Gasteiger partial charge on any atom is -0.373 e.